The zero-order valence-electron chi connectivity index (χ0n) is 11.2. The number of carbonyl (C=O) groups is 1. The number of H-pyrrole nitrogens is 1. The van der Waals surface area contributed by atoms with Crippen molar-refractivity contribution in [3.05, 3.63) is 32.6 Å². The lowest BCUT2D eigenvalue weighted by Gasteiger charge is -2.08. The Kier molecular flexibility index (Phi) is 6.03. The fourth-order valence-corrected chi connectivity index (χ4v) is 1.49. The highest BCUT2D eigenvalue weighted by Crippen LogP contribution is 1.85. The summed E-state index contributed by atoms with van der Waals surface area (Å²) in [5, 5.41) is 14.0. The fourth-order valence-electron chi connectivity index (χ4n) is 1.49. The first-order chi connectivity index (χ1) is 9.58. The molecule has 108 valence electrons. The minimum absolute atomic E-state index is 0.142. The lowest BCUT2D eigenvalue weighted by Crippen LogP contribution is -2.39. The molecule has 0 bridgehead atoms. The molecule has 8 nitrogen and oxygen atoms in total. The molecule has 20 heavy (non-hydrogen) atoms. The Morgan fingerprint density at radius 1 is 1.40 bits per heavy atom. The Hall–Kier alpha value is -2.56. The molecule has 0 saturated carbocycles. The van der Waals surface area contributed by atoms with Crippen LogP contribution in [0.1, 0.15) is 25.3 Å². The number of nitrogens with zero attached hydrogens (tertiary/aromatic N) is 2. The van der Waals surface area contributed by atoms with Gasteiger partial charge in [0, 0.05) is 25.8 Å². The van der Waals surface area contributed by atoms with E-state index in [1.54, 1.807) is 6.07 Å². The summed E-state index contributed by atoms with van der Waals surface area (Å²) in [6.07, 6.45) is 3.07. The smallest absolute Gasteiger partial charge is 0.328 e. The Morgan fingerprint density at radius 2 is 2.10 bits per heavy atom. The standard InChI is InChI=1S/C12H17N5O3/c1-2-3-4-14-11(19)15-5-6-17-8-9(7-13)10(18)16-12(17)20/h8H,2-6H2,1H3,(H2,14,15,19)(H,16,18,20). The summed E-state index contributed by atoms with van der Waals surface area (Å²) in [7, 11) is 0. The number of aromatic nitrogens is 2. The van der Waals surface area contributed by atoms with Gasteiger partial charge in [-0.2, -0.15) is 5.26 Å². The molecule has 0 spiro atoms. The van der Waals surface area contributed by atoms with Gasteiger partial charge in [-0.25, -0.2) is 9.59 Å². The summed E-state index contributed by atoms with van der Waals surface area (Å²) in [5.74, 6) is 0. The van der Waals surface area contributed by atoms with Gasteiger partial charge >= 0.3 is 11.7 Å². The summed E-state index contributed by atoms with van der Waals surface area (Å²) in [6.45, 7) is 3.01. The SMILES string of the molecule is CCCCNC(=O)NCCn1cc(C#N)c(=O)[nH]c1=O. The normalized spacial score (nSPS) is 9.80. The van der Waals surface area contributed by atoms with E-state index in [9.17, 15) is 14.4 Å². The van der Waals surface area contributed by atoms with Crippen LogP contribution in [0.4, 0.5) is 4.79 Å². The first-order valence-corrected chi connectivity index (χ1v) is 6.34. The molecule has 8 heteroatoms. The highest BCUT2D eigenvalue weighted by molar-refractivity contribution is 5.73. The van der Waals surface area contributed by atoms with E-state index >= 15 is 0 Å². The summed E-state index contributed by atoms with van der Waals surface area (Å²) in [6, 6.07) is 1.38. The Morgan fingerprint density at radius 3 is 2.75 bits per heavy atom. The predicted octanol–water partition coefficient (Wildman–Crippen LogP) is -0.492. The molecule has 1 heterocycles. The highest BCUT2D eigenvalue weighted by Gasteiger charge is 2.04. The second kappa shape index (κ2) is 7.78. The number of rotatable bonds is 6. The number of carbonyl (C=O) groups excluding carboxylic acids is 1. The van der Waals surface area contributed by atoms with Crippen molar-refractivity contribution in [3.63, 3.8) is 0 Å². The first-order valence-electron chi connectivity index (χ1n) is 6.34. The summed E-state index contributed by atoms with van der Waals surface area (Å²) in [4.78, 5) is 36.0. The van der Waals surface area contributed by atoms with E-state index in [0.717, 1.165) is 12.8 Å². The van der Waals surface area contributed by atoms with Gasteiger partial charge in [-0.05, 0) is 6.42 Å². The van der Waals surface area contributed by atoms with Crippen LogP contribution in [0, 0.1) is 11.3 Å². The van der Waals surface area contributed by atoms with E-state index in [2.05, 4.69) is 10.6 Å². The summed E-state index contributed by atoms with van der Waals surface area (Å²) in [5.41, 5.74) is -1.46. The Balaban J connectivity index is 2.51. The van der Waals surface area contributed by atoms with Gasteiger partial charge in [-0.1, -0.05) is 13.3 Å². The van der Waals surface area contributed by atoms with Crippen LogP contribution in [-0.2, 0) is 6.54 Å². The van der Waals surface area contributed by atoms with Crippen LogP contribution in [0.25, 0.3) is 0 Å². The molecule has 3 N–H and O–H groups in total. The maximum atomic E-state index is 11.5. The van der Waals surface area contributed by atoms with Crippen LogP contribution in [0.3, 0.4) is 0 Å². The molecule has 0 radical (unpaired) electrons. The quantitative estimate of drug-likeness (QED) is 0.608. The molecular formula is C12H17N5O3. The van der Waals surface area contributed by atoms with Crippen LogP contribution in [0.5, 0.6) is 0 Å². The maximum absolute atomic E-state index is 11.5. The number of unbranched alkanes of at least 4 members (excludes halogenated alkanes) is 1. The van der Waals surface area contributed by atoms with Crippen molar-refractivity contribution in [2.24, 2.45) is 0 Å². The van der Waals surface area contributed by atoms with E-state index < -0.39 is 11.2 Å². The highest BCUT2D eigenvalue weighted by atomic mass is 16.2. The van der Waals surface area contributed by atoms with Crippen molar-refractivity contribution >= 4 is 6.03 Å². The third kappa shape index (κ3) is 4.61. The van der Waals surface area contributed by atoms with Crippen LogP contribution in [-0.4, -0.2) is 28.7 Å². The van der Waals surface area contributed by atoms with Gasteiger partial charge < -0.3 is 10.6 Å². The largest absolute Gasteiger partial charge is 0.338 e. The number of nitriles is 1. The molecule has 2 amide bonds. The molecule has 1 aromatic rings. The number of hydrogen-bond donors (Lipinski definition) is 3. The number of urea groups is 1. The molecule has 0 atom stereocenters. The first kappa shape index (κ1) is 15.5. The van der Waals surface area contributed by atoms with Gasteiger partial charge in [-0.3, -0.25) is 14.3 Å². The third-order valence-electron chi connectivity index (χ3n) is 2.59. The van der Waals surface area contributed by atoms with E-state index in [0.29, 0.717) is 6.54 Å². The van der Waals surface area contributed by atoms with Gasteiger partial charge in [0.25, 0.3) is 5.56 Å². The molecule has 1 aromatic heterocycles. The van der Waals surface area contributed by atoms with Crippen molar-refractivity contribution in [2.75, 3.05) is 13.1 Å². The molecule has 0 saturated heterocycles. The van der Waals surface area contributed by atoms with E-state index in [1.807, 2.05) is 11.9 Å². The summed E-state index contributed by atoms with van der Waals surface area (Å²) >= 11 is 0. The van der Waals surface area contributed by atoms with Gasteiger partial charge in [0.15, 0.2) is 0 Å². The topological polar surface area (TPSA) is 120 Å². The van der Waals surface area contributed by atoms with Crippen LogP contribution < -0.4 is 21.9 Å². The number of hydrogen-bond acceptors (Lipinski definition) is 4. The van der Waals surface area contributed by atoms with E-state index in [1.165, 1.54) is 10.8 Å². The van der Waals surface area contributed by atoms with E-state index in [4.69, 9.17) is 5.26 Å². The van der Waals surface area contributed by atoms with Crippen molar-refractivity contribution < 1.29 is 4.79 Å². The van der Waals surface area contributed by atoms with Crippen molar-refractivity contribution in [2.45, 2.75) is 26.3 Å². The zero-order chi connectivity index (χ0) is 15.0. The second-order valence-electron chi connectivity index (χ2n) is 4.14. The Labute approximate surface area is 115 Å². The monoisotopic (exact) mass is 279 g/mol. The van der Waals surface area contributed by atoms with Crippen molar-refractivity contribution in [1.29, 1.82) is 5.26 Å². The van der Waals surface area contributed by atoms with Gasteiger partial charge in [-0.15, -0.1) is 0 Å². The molecule has 0 aliphatic rings. The van der Waals surface area contributed by atoms with Gasteiger partial charge in [0.05, 0.1) is 0 Å². The van der Waals surface area contributed by atoms with Crippen LogP contribution >= 0.6 is 0 Å². The van der Waals surface area contributed by atoms with Crippen LogP contribution in [0.2, 0.25) is 0 Å². The maximum Gasteiger partial charge on any atom is 0.328 e. The number of nitrogens with one attached hydrogen (secondary N) is 3. The molecule has 0 unspecified atom stereocenters. The lowest BCUT2D eigenvalue weighted by molar-refractivity contribution is 0.240. The van der Waals surface area contributed by atoms with E-state index in [-0.39, 0.29) is 24.7 Å². The average molecular weight is 279 g/mol. The molecule has 0 aromatic carbocycles. The second-order valence-corrected chi connectivity index (χ2v) is 4.14. The van der Waals surface area contributed by atoms with Crippen LogP contribution in [0.15, 0.2) is 15.8 Å². The lowest BCUT2D eigenvalue weighted by atomic mass is 10.3. The summed E-state index contributed by atoms with van der Waals surface area (Å²) < 4.78 is 1.17. The van der Waals surface area contributed by atoms with Crippen molar-refractivity contribution in [3.8, 4) is 6.07 Å². The number of amides is 2. The minimum atomic E-state index is -0.709. The molecule has 0 aliphatic carbocycles. The molecule has 1 rings (SSSR count). The zero-order valence-corrected chi connectivity index (χ0v) is 11.2. The Bertz CT molecular complexity index is 611. The van der Waals surface area contributed by atoms with Crippen molar-refractivity contribution in [1.82, 2.24) is 20.2 Å². The predicted molar refractivity (Wildman–Crippen MR) is 72.3 cm³/mol. The number of aromatic amines is 1. The fraction of sp³-hybridized carbons (Fsp3) is 0.500. The van der Waals surface area contributed by atoms with Gasteiger partial charge in [0.2, 0.25) is 0 Å². The molecular weight excluding hydrogens is 262 g/mol. The van der Waals surface area contributed by atoms with Gasteiger partial charge in [0.1, 0.15) is 11.6 Å². The average Bonchev–Trinajstić information content (AvgIpc) is 2.41. The molecule has 0 fully saturated rings. The third-order valence-corrected chi connectivity index (χ3v) is 2.59. The molecule has 0 aliphatic heterocycles. The minimum Gasteiger partial charge on any atom is -0.338 e.